The largest absolute Gasteiger partial charge is 0.444 e. The monoisotopic (exact) mass is 714 g/mol. The summed E-state index contributed by atoms with van der Waals surface area (Å²) in [5, 5.41) is 9.57. The zero-order valence-electron chi connectivity index (χ0n) is 32.0. The Morgan fingerprint density at radius 1 is 0.865 bits per heavy atom. The van der Waals surface area contributed by atoms with Crippen molar-refractivity contribution < 1.29 is 23.9 Å². The Morgan fingerprint density at radius 2 is 1.56 bits per heavy atom. The molecule has 1 atom stereocenters. The Bertz CT molecular complexity index is 1940. The van der Waals surface area contributed by atoms with Crippen LogP contribution in [-0.4, -0.2) is 110 Å². The number of rotatable bonds is 8. The molecule has 0 saturated carbocycles. The van der Waals surface area contributed by atoms with Gasteiger partial charge in [0, 0.05) is 67.0 Å². The molecule has 2 saturated heterocycles. The van der Waals surface area contributed by atoms with Crippen molar-refractivity contribution in [3.05, 3.63) is 53.5 Å². The van der Waals surface area contributed by atoms with Crippen LogP contribution in [0.15, 0.2) is 36.5 Å². The fraction of sp³-hybridized carbons (Fsp3) is 0.564. The quantitative estimate of drug-likeness (QED) is 0.196. The first-order valence-electron chi connectivity index (χ1n) is 18.5. The van der Waals surface area contributed by atoms with Crippen molar-refractivity contribution in [2.75, 3.05) is 51.6 Å². The maximum Gasteiger partial charge on any atom is 0.419 e. The summed E-state index contributed by atoms with van der Waals surface area (Å²) in [6, 6.07) is 9.48. The van der Waals surface area contributed by atoms with E-state index in [-0.39, 0.29) is 18.0 Å². The molecule has 4 aromatic rings. The van der Waals surface area contributed by atoms with Gasteiger partial charge in [0.05, 0.1) is 22.8 Å². The van der Waals surface area contributed by atoms with Crippen LogP contribution in [-0.2, 0) is 16.0 Å². The Kier molecular flexibility index (Phi) is 10.7. The lowest BCUT2D eigenvalue weighted by Gasteiger charge is -2.35. The van der Waals surface area contributed by atoms with E-state index in [1.54, 1.807) is 21.7 Å². The van der Waals surface area contributed by atoms with E-state index in [9.17, 15) is 14.4 Å². The fourth-order valence-corrected chi connectivity index (χ4v) is 7.15. The van der Waals surface area contributed by atoms with Crippen molar-refractivity contribution in [3.8, 4) is 0 Å². The van der Waals surface area contributed by atoms with Crippen LogP contribution in [0.3, 0.4) is 0 Å². The van der Waals surface area contributed by atoms with Gasteiger partial charge in [-0.25, -0.2) is 19.1 Å². The average Bonchev–Trinajstić information content (AvgIpc) is 3.75. The van der Waals surface area contributed by atoms with Crippen molar-refractivity contribution in [1.29, 1.82) is 0 Å². The van der Waals surface area contributed by atoms with Crippen molar-refractivity contribution in [3.63, 3.8) is 0 Å². The van der Waals surface area contributed by atoms with E-state index < -0.39 is 17.3 Å². The number of pyridine rings is 1. The number of hydrogen-bond acceptors (Lipinski definition) is 9. The number of amides is 2. The number of benzene rings is 1. The number of nitrogens with zero attached hydrogens (tertiary/aromatic N) is 7. The second-order valence-electron chi connectivity index (χ2n) is 16.2. The number of aryl methyl sites for hydroxylation is 2. The molecule has 3 aromatic heterocycles. The van der Waals surface area contributed by atoms with Gasteiger partial charge in [-0.1, -0.05) is 6.07 Å². The van der Waals surface area contributed by atoms with E-state index in [4.69, 9.17) is 14.6 Å². The highest BCUT2D eigenvalue weighted by atomic mass is 16.6. The van der Waals surface area contributed by atoms with Gasteiger partial charge < -0.3 is 19.7 Å². The third-order valence-corrected chi connectivity index (χ3v) is 9.71. The Balaban J connectivity index is 1.11. The molecule has 0 bridgehead atoms. The number of carbonyl (C=O) groups excluding carboxylic acids is 3. The molecular formula is C39H54N8O5. The number of nitrogens with one attached hydrogen (secondary N) is 1. The SMILES string of the molecule is Cc1nn(CCCCN2CCN(C(=O)OC(C)(C)C)CC2)c2cc(C(=O)Nc3cc4c(cn3)cc([C@@H]3CCCN3C)n4C(=O)OC(C)(C)C)ccc12. The molecule has 5 heterocycles. The molecule has 2 amide bonds. The van der Waals surface area contributed by atoms with Crippen LogP contribution in [0.5, 0.6) is 0 Å². The number of fused-ring (bicyclic) bond motifs is 2. The van der Waals surface area contributed by atoms with Crippen molar-refractivity contribution >= 4 is 45.7 Å². The van der Waals surface area contributed by atoms with Gasteiger partial charge >= 0.3 is 12.2 Å². The Labute approximate surface area is 306 Å². The van der Waals surface area contributed by atoms with Gasteiger partial charge in [0.15, 0.2) is 0 Å². The lowest BCUT2D eigenvalue weighted by atomic mass is 10.1. The number of unbranched alkanes of at least 4 members (excludes halogenated alkanes) is 1. The van der Waals surface area contributed by atoms with Crippen molar-refractivity contribution in [1.82, 2.24) is 34.0 Å². The highest BCUT2D eigenvalue weighted by Crippen LogP contribution is 2.35. The van der Waals surface area contributed by atoms with Crippen molar-refractivity contribution in [2.24, 2.45) is 0 Å². The second-order valence-corrected chi connectivity index (χ2v) is 16.2. The molecule has 6 rings (SSSR count). The zero-order chi connectivity index (χ0) is 37.4. The minimum atomic E-state index is -0.666. The number of carbonyl (C=O) groups is 3. The minimum absolute atomic E-state index is 0.0829. The molecular weight excluding hydrogens is 660 g/mol. The Morgan fingerprint density at radius 3 is 2.23 bits per heavy atom. The standard InChI is InChI=1S/C39H54N8O5/c1-26-29-14-13-27(22-32(29)46(42-26)17-10-9-16-44-18-20-45(21-19-44)36(49)51-38(2,3)4)35(48)41-34-24-31-28(25-40-34)23-33(30-12-11-15-43(30)8)47(31)37(50)52-39(5,6)7/h13-14,22-25,30H,9-12,15-21H2,1-8H3,(H,40,41,48)/t30-/m0/s1. The third-order valence-electron chi connectivity index (χ3n) is 9.71. The highest BCUT2D eigenvalue weighted by Gasteiger charge is 2.31. The van der Waals surface area contributed by atoms with Crippen LogP contribution < -0.4 is 5.32 Å². The first kappa shape index (κ1) is 37.3. The van der Waals surface area contributed by atoms with Gasteiger partial charge in [0.25, 0.3) is 5.91 Å². The predicted octanol–water partition coefficient (Wildman–Crippen LogP) is 6.83. The van der Waals surface area contributed by atoms with Crippen LogP contribution in [0, 0.1) is 6.92 Å². The molecule has 0 unspecified atom stereocenters. The average molecular weight is 715 g/mol. The lowest BCUT2D eigenvalue weighted by molar-refractivity contribution is 0.0143. The minimum Gasteiger partial charge on any atom is -0.444 e. The first-order valence-corrected chi connectivity index (χ1v) is 18.5. The van der Waals surface area contributed by atoms with Gasteiger partial charge in [0.1, 0.15) is 17.0 Å². The highest BCUT2D eigenvalue weighted by molar-refractivity contribution is 6.06. The molecule has 1 aromatic carbocycles. The molecule has 280 valence electrons. The number of likely N-dealkylation sites (tertiary alicyclic amines) is 1. The summed E-state index contributed by atoms with van der Waals surface area (Å²) in [6.45, 7) is 18.8. The van der Waals surface area contributed by atoms with Gasteiger partial charge in [-0.15, -0.1) is 0 Å². The van der Waals surface area contributed by atoms with Gasteiger partial charge in [-0.05, 0) is 112 Å². The molecule has 13 nitrogen and oxygen atoms in total. The number of ether oxygens (including phenoxy) is 2. The molecule has 2 aliphatic rings. The van der Waals surface area contributed by atoms with Crippen LogP contribution in [0.1, 0.15) is 95.0 Å². The van der Waals surface area contributed by atoms with E-state index >= 15 is 0 Å². The fourth-order valence-electron chi connectivity index (χ4n) is 7.15. The molecule has 13 heteroatoms. The maximum atomic E-state index is 13.6. The molecule has 2 aliphatic heterocycles. The lowest BCUT2D eigenvalue weighted by Crippen LogP contribution is -2.50. The maximum absolute atomic E-state index is 13.6. The number of hydrogen-bond donors (Lipinski definition) is 1. The summed E-state index contributed by atoms with van der Waals surface area (Å²) in [7, 11) is 2.07. The van der Waals surface area contributed by atoms with Gasteiger partial charge in [-0.2, -0.15) is 5.10 Å². The summed E-state index contributed by atoms with van der Waals surface area (Å²) in [5.41, 5.74) is 2.67. The van der Waals surface area contributed by atoms with E-state index in [0.717, 1.165) is 86.1 Å². The summed E-state index contributed by atoms with van der Waals surface area (Å²) < 4.78 is 15.0. The normalized spacial score (nSPS) is 17.6. The third kappa shape index (κ3) is 8.58. The predicted molar refractivity (Wildman–Crippen MR) is 202 cm³/mol. The second kappa shape index (κ2) is 14.9. The molecule has 1 N–H and O–H groups in total. The number of anilines is 1. The molecule has 2 fully saturated rings. The Hall–Kier alpha value is -4.49. The summed E-state index contributed by atoms with van der Waals surface area (Å²) >= 11 is 0. The van der Waals surface area contributed by atoms with E-state index in [1.807, 2.05) is 77.4 Å². The van der Waals surface area contributed by atoms with Crippen LogP contribution >= 0.6 is 0 Å². The number of piperazine rings is 1. The zero-order valence-corrected chi connectivity index (χ0v) is 32.0. The summed E-state index contributed by atoms with van der Waals surface area (Å²) in [6.07, 6.45) is 4.93. The molecule has 0 aliphatic carbocycles. The summed E-state index contributed by atoms with van der Waals surface area (Å²) in [4.78, 5) is 50.6. The summed E-state index contributed by atoms with van der Waals surface area (Å²) in [5.74, 6) is 0.0549. The molecule has 0 spiro atoms. The first-order chi connectivity index (χ1) is 24.6. The van der Waals surface area contributed by atoms with Crippen molar-refractivity contribution in [2.45, 2.75) is 97.9 Å². The van der Waals surface area contributed by atoms with Gasteiger partial charge in [-0.3, -0.25) is 19.3 Å². The smallest absolute Gasteiger partial charge is 0.419 e. The molecule has 0 radical (unpaired) electrons. The molecule has 52 heavy (non-hydrogen) atoms. The van der Waals surface area contributed by atoms with E-state index in [1.165, 1.54) is 0 Å². The topological polar surface area (TPSA) is 127 Å². The number of aromatic nitrogens is 4. The van der Waals surface area contributed by atoms with E-state index in [0.29, 0.717) is 30.0 Å². The van der Waals surface area contributed by atoms with Crippen LogP contribution in [0.25, 0.3) is 21.8 Å². The van der Waals surface area contributed by atoms with E-state index in [2.05, 4.69) is 27.1 Å². The van der Waals surface area contributed by atoms with Gasteiger partial charge in [0.2, 0.25) is 0 Å². The van der Waals surface area contributed by atoms with Crippen LogP contribution in [0.4, 0.5) is 15.4 Å². The van der Waals surface area contributed by atoms with Crippen LogP contribution in [0.2, 0.25) is 0 Å².